The summed E-state index contributed by atoms with van der Waals surface area (Å²) in [4.78, 5) is 26.9. The first-order valence-corrected chi connectivity index (χ1v) is 8.55. The van der Waals surface area contributed by atoms with Gasteiger partial charge in [0.1, 0.15) is 6.04 Å². The molecule has 3 rings (SSSR count). The third-order valence-corrected chi connectivity index (χ3v) is 4.49. The quantitative estimate of drug-likeness (QED) is 0.891. The molecule has 0 aromatic heterocycles. The van der Waals surface area contributed by atoms with Crippen molar-refractivity contribution in [1.82, 2.24) is 4.90 Å². The van der Waals surface area contributed by atoms with Crippen molar-refractivity contribution >= 4 is 23.3 Å². The average molecular weight is 337 g/mol. The smallest absolute Gasteiger partial charge is 0.322 e. The van der Waals surface area contributed by atoms with E-state index in [9.17, 15) is 9.59 Å². The Labute approximate surface area is 148 Å². The number of hydrogen-bond acceptors (Lipinski definition) is 2. The number of para-hydroxylation sites is 1. The summed E-state index contributed by atoms with van der Waals surface area (Å²) in [6.45, 7) is 4.51. The van der Waals surface area contributed by atoms with Gasteiger partial charge in [-0.25, -0.2) is 4.79 Å². The van der Waals surface area contributed by atoms with Crippen molar-refractivity contribution in [3.63, 3.8) is 0 Å². The van der Waals surface area contributed by atoms with Gasteiger partial charge in [-0.1, -0.05) is 30.3 Å². The number of likely N-dealkylation sites (tertiary alicyclic amines) is 1. The first-order valence-electron chi connectivity index (χ1n) is 8.55. The normalized spacial score (nSPS) is 16.6. The van der Waals surface area contributed by atoms with Crippen molar-refractivity contribution < 1.29 is 9.59 Å². The molecule has 5 nitrogen and oxygen atoms in total. The monoisotopic (exact) mass is 337 g/mol. The summed E-state index contributed by atoms with van der Waals surface area (Å²) in [5.74, 6) is -0.133. The second-order valence-corrected chi connectivity index (χ2v) is 6.46. The summed E-state index contributed by atoms with van der Waals surface area (Å²) in [7, 11) is 0. The van der Waals surface area contributed by atoms with E-state index in [2.05, 4.69) is 10.6 Å². The van der Waals surface area contributed by atoms with Crippen LogP contribution in [0.3, 0.4) is 0 Å². The van der Waals surface area contributed by atoms with Gasteiger partial charge < -0.3 is 15.5 Å². The van der Waals surface area contributed by atoms with E-state index in [0.29, 0.717) is 13.0 Å². The fourth-order valence-electron chi connectivity index (χ4n) is 3.13. The van der Waals surface area contributed by atoms with Gasteiger partial charge in [0.15, 0.2) is 0 Å². The molecule has 1 aliphatic heterocycles. The Kier molecular flexibility index (Phi) is 5.03. The topological polar surface area (TPSA) is 61.4 Å². The minimum Gasteiger partial charge on any atom is -0.324 e. The average Bonchev–Trinajstić information content (AvgIpc) is 3.07. The highest BCUT2D eigenvalue weighted by molar-refractivity contribution is 6.00. The number of benzene rings is 2. The van der Waals surface area contributed by atoms with Crippen LogP contribution in [-0.2, 0) is 4.79 Å². The predicted molar refractivity (Wildman–Crippen MR) is 99.7 cm³/mol. The highest BCUT2D eigenvalue weighted by Crippen LogP contribution is 2.22. The molecule has 0 spiro atoms. The molecular formula is C20H23N3O2. The molecule has 3 amide bonds. The third kappa shape index (κ3) is 3.99. The molecule has 5 heteroatoms. The molecule has 0 aliphatic carbocycles. The summed E-state index contributed by atoms with van der Waals surface area (Å²) in [6, 6.07) is 14.6. The van der Waals surface area contributed by atoms with Crippen LogP contribution in [0.5, 0.6) is 0 Å². The van der Waals surface area contributed by atoms with Crippen LogP contribution >= 0.6 is 0 Å². The maximum Gasteiger partial charge on any atom is 0.322 e. The first kappa shape index (κ1) is 17.0. The number of rotatable bonds is 3. The van der Waals surface area contributed by atoms with Crippen molar-refractivity contribution in [3.8, 4) is 0 Å². The number of urea groups is 1. The number of nitrogens with one attached hydrogen (secondary N) is 2. The zero-order chi connectivity index (χ0) is 17.8. The van der Waals surface area contributed by atoms with Gasteiger partial charge in [-0.05, 0) is 56.0 Å². The van der Waals surface area contributed by atoms with E-state index in [1.54, 1.807) is 4.90 Å². The van der Waals surface area contributed by atoms with Gasteiger partial charge in [-0.2, -0.15) is 0 Å². The summed E-state index contributed by atoms with van der Waals surface area (Å²) in [5, 5.41) is 5.84. The lowest BCUT2D eigenvalue weighted by Gasteiger charge is -2.24. The molecular weight excluding hydrogens is 314 g/mol. The van der Waals surface area contributed by atoms with Gasteiger partial charge in [0.05, 0.1) is 0 Å². The highest BCUT2D eigenvalue weighted by atomic mass is 16.2. The Morgan fingerprint density at radius 3 is 2.60 bits per heavy atom. The van der Waals surface area contributed by atoms with Crippen LogP contribution in [-0.4, -0.2) is 29.4 Å². The van der Waals surface area contributed by atoms with Crippen molar-refractivity contribution in [2.75, 3.05) is 17.2 Å². The van der Waals surface area contributed by atoms with Crippen LogP contribution in [0.1, 0.15) is 24.0 Å². The zero-order valence-electron chi connectivity index (χ0n) is 14.6. The number of amides is 3. The Balaban J connectivity index is 1.68. The lowest BCUT2D eigenvalue weighted by atomic mass is 10.1. The van der Waals surface area contributed by atoms with Crippen LogP contribution in [0.4, 0.5) is 16.2 Å². The molecule has 1 heterocycles. The molecule has 1 fully saturated rings. The zero-order valence-corrected chi connectivity index (χ0v) is 14.6. The lowest BCUT2D eigenvalue weighted by Crippen LogP contribution is -2.45. The van der Waals surface area contributed by atoms with Crippen molar-refractivity contribution in [2.45, 2.75) is 32.7 Å². The van der Waals surface area contributed by atoms with E-state index >= 15 is 0 Å². The van der Waals surface area contributed by atoms with Crippen LogP contribution in [0, 0.1) is 13.8 Å². The number of carbonyl (C=O) groups excluding carboxylic acids is 2. The minimum absolute atomic E-state index is 0.133. The number of nitrogens with zero attached hydrogens (tertiary/aromatic N) is 1. The van der Waals surface area contributed by atoms with Crippen LogP contribution in [0.15, 0.2) is 48.5 Å². The Hall–Kier alpha value is -2.82. The molecule has 0 saturated carbocycles. The van der Waals surface area contributed by atoms with E-state index in [1.165, 1.54) is 0 Å². The SMILES string of the molecule is Cc1cccc(NC(=O)N2CCC[C@@H]2C(=O)Nc2ccccc2C)c1. The van der Waals surface area contributed by atoms with E-state index < -0.39 is 6.04 Å². The summed E-state index contributed by atoms with van der Waals surface area (Å²) in [6.07, 6.45) is 1.51. The molecule has 0 unspecified atom stereocenters. The van der Waals surface area contributed by atoms with E-state index in [1.807, 2.05) is 62.4 Å². The Bertz CT molecular complexity index is 788. The molecule has 2 aromatic carbocycles. The lowest BCUT2D eigenvalue weighted by molar-refractivity contribution is -0.119. The Morgan fingerprint density at radius 1 is 1.04 bits per heavy atom. The molecule has 130 valence electrons. The summed E-state index contributed by atoms with van der Waals surface area (Å²) < 4.78 is 0. The molecule has 1 saturated heterocycles. The number of aryl methyl sites for hydroxylation is 2. The predicted octanol–water partition coefficient (Wildman–Crippen LogP) is 3.94. The molecule has 1 aliphatic rings. The largest absolute Gasteiger partial charge is 0.324 e. The van der Waals surface area contributed by atoms with E-state index in [0.717, 1.165) is 28.9 Å². The van der Waals surface area contributed by atoms with Crippen LogP contribution < -0.4 is 10.6 Å². The molecule has 1 atom stereocenters. The van der Waals surface area contributed by atoms with Gasteiger partial charge in [0.2, 0.25) is 5.91 Å². The standard InChI is InChI=1S/C20H23N3O2/c1-14-7-5-9-16(13-14)21-20(25)23-12-6-11-18(23)19(24)22-17-10-4-3-8-15(17)2/h3-5,7-10,13,18H,6,11-12H2,1-2H3,(H,21,25)(H,22,24)/t18-/m1/s1. The van der Waals surface area contributed by atoms with E-state index in [4.69, 9.17) is 0 Å². The van der Waals surface area contributed by atoms with Gasteiger partial charge >= 0.3 is 6.03 Å². The summed E-state index contributed by atoms with van der Waals surface area (Å²) in [5.41, 5.74) is 3.62. The van der Waals surface area contributed by atoms with Crippen LogP contribution in [0.25, 0.3) is 0 Å². The van der Waals surface area contributed by atoms with Gasteiger partial charge in [0.25, 0.3) is 0 Å². The number of carbonyl (C=O) groups is 2. The first-order chi connectivity index (χ1) is 12.0. The third-order valence-electron chi connectivity index (χ3n) is 4.49. The molecule has 2 aromatic rings. The molecule has 2 N–H and O–H groups in total. The highest BCUT2D eigenvalue weighted by Gasteiger charge is 2.34. The second kappa shape index (κ2) is 7.38. The molecule has 0 bridgehead atoms. The number of hydrogen-bond donors (Lipinski definition) is 2. The van der Waals surface area contributed by atoms with E-state index in [-0.39, 0.29) is 11.9 Å². The minimum atomic E-state index is -0.440. The van der Waals surface area contributed by atoms with Crippen molar-refractivity contribution in [2.24, 2.45) is 0 Å². The summed E-state index contributed by atoms with van der Waals surface area (Å²) >= 11 is 0. The fraction of sp³-hybridized carbons (Fsp3) is 0.300. The second-order valence-electron chi connectivity index (χ2n) is 6.46. The fourth-order valence-corrected chi connectivity index (χ4v) is 3.13. The Morgan fingerprint density at radius 2 is 1.84 bits per heavy atom. The van der Waals surface area contributed by atoms with Gasteiger partial charge in [0, 0.05) is 17.9 Å². The molecule has 25 heavy (non-hydrogen) atoms. The van der Waals surface area contributed by atoms with Gasteiger partial charge in [-0.15, -0.1) is 0 Å². The maximum absolute atomic E-state index is 12.7. The number of anilines is 2. The van der Waals surface area contributed by atoms with Crippen LogP contribution in [0.2, 0.25) is 0 Å². The van der Waals surface area contributed by atoms with Gasteiger partial charge in [-0.3, -0.25) is 4.79 Å². The van der Waals surface area contributed by atoms with Crippen molar-refractivity contribution in [1.29, 1.82) is 0 Å². The van der Waals surface area contributed by atoms with Crippen molar-refractivity contribution in [3.05, 3.63) is 59.7 Å². The maximum atomic E-state index is 12.7. The molecule has 0 radical (unpaired) electrons.